The fourth-order valence-corrected chi connectivity index (χ4v) is 4.04. The molecule has 5 aromatic rings. The predicted molar refractivity (Wildman–Crippen MR) is 137 cm³/mol. The summed E-state index contributed by atoms with van der Waals surface area (Å²) in [5.74, 6) is 1.30. The first-order valence-electron chi connectivity index (χ1n) is 11.1. The average molecular weight is 482 g/mol. The van der Waals surface area contributed by atoms with Crippen molar-refractivity contribution in [3.63, 3.8) is 0 Å². The molecular weight excluding hydrogens is 458 g/mol. The Kier molecular flexibility index (Phi) is 6.19. The van der Waals surface area contributed by atoms with Crippen molar-refractivity contribution in [2.24, 2.45) is 4.99 Å². The zero-order valence-electron chi connectivity index (χ0n) is 19.7. The number of rotatable bonds is 7. The monoisotopic (exact) mass is 481 g/mol. The van der Waals surface area contributed by atoms with Crippen molar-refractivity contribution in [1.29, 1.82) is 0 Å². The first kappa shape index (κ1) is 22.9. The molecule has 3 aromatic heterocycles. The van der Waals surface area contributed by atoms with Crippen LogP contribution in [0.2, 0.25) is 0 Å². The summed E-state index contributed by atoms with van der Waals surface area (Å²) in [7, 11) is 3.04. The van der Waals surface area contributed by atoms with Gasteiger partial charge in [-0.15, -0.1) is 0 Å². The third-order valence-corrected chi connectivity index (χ3v) is 5.83. The van der Waals surface area contributed by atoms with Crippen LogP contribution in [0, 0.1) is 0 Å². The second kappa shape index (κ2) is 9.75. The lowest BCUT2D eigenvalue weighted by Crippen LogP contribution is -2.20. The van der Waals surface area contributed by atoms with Crippen LogP contribution in [-0.2, 0) is 6.54 Å². The third-order valence-electron chi connectivity index (χ3n) is 5.83. The molecular formula is C27H23N5O4. The molecule has 5 rings (SSSR count). The molecule has 0 saturated carbocycles. The molecule has 0 spiro atoms. The number of benzene rings is 2. The quantitative estimate of drug-likeness (QED) is 0.351. The fraction of sp³-hybridized carbons (Fsp3) is 0.111. The highest BCUT2D eigenvalue weighted by molar-refractivity contribution is 6.02. The van der Waals surface area contributed by atoms with Gasteiger partial charge in [0, 0.05) is 41.5 Å². The summed E-state index contributed by atoms with van der Waals surface area (Å²) in [4.78, 5) is 22.1. The number of hydrogen-bond donors (Lipinski definition) is 1. The maximum Gasteiger partial charge on any atom is 0.265 e. The van der Waals surface area contributed by atoms with E-state index in [0.29, 0.717) is 45.9 Å². The molecule has 36 heavy (non-hydrogen) atoms. The third kappa shape index (κ3) is 4.18. The molecule has 0 aliphatic carbocycles. The van der Waals surface area contributed by atoms with Crippen molar-refractivity contribution in [3.8, 4) is 23.1 Å². The van der Waals surface area contributed by atoms with Gasteiger partial charge in [-0.25, -0.2) is 14.2 Å². The van der Waals surface area contributed by atoms with Crippen LogP contribution in [0.3, 0.4) is 0 Å². The maximum absolute atomic E-state index is 13.4. The number of nitrogens with zero attached hydrogens (tertiary/aromatic N) is 5. The predicted octanol–water partition coefficient (Wildman–Crippen LogP) is 4.10. The molecule has 2 aromatic carbocycles. The lowest BCUT2D eigenvalue weighted by atomic mass is 10.1. The summed E-state index contributed by atoms with van der Waals surface area (Å²) >= 11 is 0. The number of methoxy groups -OCH3 is 2. The van der Waals surface area contributed by atoms with Crippen molar-refractivity contribution in [3.05, 3.63) is 101 Å². The zero-order valence-corrected chi connectivity index (χ0v) is 19.7. The molecule has 9 heteroatoms. The second-order valence-corrected chi connectivity index (χ2v) is 7.92. The molecule has 0 fully saturated rings. The van der Waals surface area contributed by atoms with Gasteiger partial charge < -0.3 is 14.6 Å². The highest BCUT2D eigenvalue weighted by atomic mass is 16.5. The molecule has 0 amide bonds. The van der Waals surface area contributed by atoms with Gasteiger partial charge in [-0.05, 0) is 35.9 Å². The van der Waals surface area contributed by atoms with E-state index in [1.54, 1.807) is 72.0 Å². The van der Waals surface area contributed by atoms with Crippen molar-refractivity contribution in [1.82, 2.24) is 19.3 Å². The topological polar surface area (TPSA) is 104 Å². The normalized spacial score (nSPS) is 11.3. The Bertz CT molecular complexity index is 1620. The van der Waals surface area contributed by atoms with Crippen LogP contribution >= 0.6 is 0 Å². The molecule has 0 radical (unpaired) electrons. The van der Waals surface area contributed by atoms with Gasteiger partial charge >= 0.3 is 0 Å². The average Bonchev–Trinajstić information content (AvgIpc) is 3.35. The van der Waals surface area contributed by atoms with Crippen molar-refractivity contribution in [2.75, 3.05) is 14.2 Å². The summed E-state index contributed by atoms with van der Waals surface area (Å²) in [6.07, 6.45) is 6.66. The summed E-state index contributed by atoms with van der Waals surface area (Å²) in [6.45, 7) is 0.514. The molecule has 0 aliphatic rings. The summed E-state index contributed by atoms with van der Waals surface area (Å²) in [5, 5.41) is 16.7. The van der Waals surface area contributed by atoms with Crippen LogP contribution in [0.5, 0.6) is 17.4 Å². The number of hydrogen-bond acceptors (Lipinski definition) is 7. The van der Waals surface area contributed by atoms with E-state index < -0.39 is 0 Å². The molecule has 0 aliphatic heterocycles. The summed E-state index contributed by atoms with van der Waals surface area (Å²) in [6, 6.07) is 17.7. The lowest BCUT2D eigenvalue weighted by molar-refractivity contribution is 0.354. The van der Waals surface area contributed by atoms with Crippen LogP contribution in [0.1, 0.15) is 11.1 Å². The first-order chi connectivity index (χ1) is 17.6. The molecule has 0 atom stereocenters. The van der Waals surface area contributed by atoms with Crippen molar-refractivity contribution in [2.45, 2.75) is 6.54 Å². The summed E-state index contributed by atoms with van der Waals surface area (Å²) in [5.41, 5.74) is 1.49. The largest absolute Gasteiger partial charge is 0.494 e. The Hall–Kier alpha value is -4.92. The van der Waals surface area contributed by atoms with Gasteiger partial charge in [-0.3, -0.25) is 9.78 Å². The van der Waals surface area contributed by atoms with E-state index in [2.05, 4.69) is 15.1 Å². The summed E-state index contributed by atoms with van der Waals surface area (Å²) < 4.78 is 13.7. The van der Waals surface area contributed by atoms with Crippen LogP contribution in [0.4, 0.5) is 5.82 Å². The Morgan fingerprint density at radius 1 is 0.944 bits per heavy atom. The van der Waals surface area contributed by atoms with E-state index in [4.69, 9.17) is 9.47 Å². The van der Waals surface area contributed by atoms with Crippen LogP contribution in [-0.4, -0.2) is 44.9 Å². The van der Waals surface area contributed by atoms with E-state index in [1.165, 1.54) is 18.8 Å². The number of ether oxygens (including phenoxy) is 2. The second-order valence-electron chi connectivity index (χ2n) is 7.92. The molecule has 0 bridgehead atoms. The van der Waals surface area contributed by atoms with Crippen LogP contribution in [0.15, 0.2) is 89.0 Å². The lowest BCUT2D eigenvalue weighted by Gasteiger charge is -2.15. The van der Waals surface area contributed by atoms with E-state index in [9.17, 15) is 9.90 Å². The van der Waals surface area contributed by atoms with E-state index in [-0.39, 0.29) is 11.4 Å². The molecule has 1 N–H and O–H groups in total. The van der Waals surface area contributed by atoms with Gasteiger partial charge in [0.05, 0.1) is 38.2 Å². The SMILES string of the molecule is COc1ccc(-n2c(O)c(C=Nc3ccnn3Cc3ccncc3)c3ccccc3c2=O)cc1OC. The maximum atomic E-state index is 13.4. The van der Waals surface area contributed by atoms with Crippen molar-refractivity contribution >= 4 is 22.8 Å². The molecule has 180 valence electrons. The van der Waals surface area contributed by atoms with Gasteiger partial charge in [0.2, 0.25) is 5.88 Å². The number of aromatic hydroxyl groups is 1. The Balaban J connectivity index is 1.63. The number of pyridine rings is 2. The van der Waals surface area contributed by atoms with Gasteiger partial charge in [0.1, 0.15) is 0 Å². The van der Waals surface area contributed by atoms with E-state index in [0.717, 1.165) is 5.56 Å². The smallest absolute Gasteiger partial charge is 0.265 e. The van der Waals surface area contributed by atoms with Crippen molar-refractivity contribution < 1.29 is 14.6 Å². The molecule has 9 nitrogen and oxygen atoms in total. The Labute approximate surface area is 206 Å². The number of fused-ring (bicyclic) bond motifs is 1. The fourth-order valence-electron chi connectivity index (χ4n) is 4.04. The molecule has 0 saturated heterocycles. The molecule has 3 heterocycles. The minimum absolute atomic E-state index is 0.241. The Morgan fingerprint density at radius 2 is 1.69 bits per heavy atom. The number of aliphatic imine (C=N–C) groups is 1. The van der Waals surface area contributed by atoms with E-state index >= 15 is 0 Å². The highest BCUT2D eigenvalue weighted by Gasteiger charge is 2.18. The molecule has 0 unspecified atom stereocenters. The van der Waals surface area contributed by atoms with Crippen LogP contribution in [0.25, 0.3) is 16.5 Å². The Morgan fingerprint density at radius 3 is 2.44 bits per heavy atom. The van der Waals surface area contributed by atoms with E-state index in [1.807, 2.05) is 18.2 Å². The first-order valence-corrected chi connectivity index (χ1v) is 11.1. The van der Waals surface area contributed by atoms with Gasteiger partial charge in [-0.1, -0.05) is 18.2 Å². The van der Waals surface area contributed by atoms with Gasteiger partial charge in [-0.2, -0.15) is 5.10 Å². The van der Waals surface area contributed by atoms with Gasteiger partial charge in [0.25, 0.3) is 5.56 Å². The zero-order chi connectivity index (χ0) is 25.1. The highest BCUT2D eigenvalue weighted by Crippen LogP contribution is 2.32. The number of aromatic nitrogens is 4. The standard InChI is InChI=1S/C27H23N5O4/c1-35-23-8-7-19(15-24(23)36-2)32-26(33)21-6-4-3-5-20(21)22(27(32)34)16-29-25-11-14-30-31(25)17-18-9-12-28-13-10-18/h3-16,34H,17H2,1-2H3. The minimum atomic E-state index is -0.366. The minimum Gasteiger partial charge on any atom is -0.494 e. The van der Waals surface area contributed by atoms with Crippen LogP contribution < -0.4 is 15.0 Å². The van der Waals surface area contributed by atoms with Gasteiger partial charge in [0.15, 0.2) is 17.3 Å².